The maximum Gasteiger partial charge on any atom is 0.166 e. The van der Waals surface area contributed by atoms with Gasteiger partial charge in [0.05, 0.1) is 5.69 Å². The van der Waals surface area contributed by atoms with E-state index in [1.807, 2.05) is 0 Å². The topological polar surface area (TPSA) is 32.9 Å². The highest BCUT2D eigenvalue weighted by molar-refractivity contribution is 5.73. The van der Waals surface area contributed by atoms with Gasteiger partial charge in [0, 0.05) is 5.69 Å². The second-order valence-electron chi connectivity index (χ2n) is 6.09. The van der Waals surface area contributed by atoms with Gasteiger partial charge in [-0.2, -0.15) is 0 Å². The van der Waals surface area contributed by atoms with Crippen LogP contribution in [0.2, 0.25) is 0 Å². The van der Waals surface area contributed by atoms with Crippen molar-refractivity contribution in [2.24, 2.45) is 5.92 Å². The Hall–Kier alpha value is -1.05. The number of fused-ring (bicyclic) bond motifs is 1. The molecule has 1 heterocycles. The predicted molar refractivity (Wildman–Crippen MR) is 73.1 cm³/mol. The Morgan fingerprint density at radius 3 is 2.78 bits per heavy atom. The largest absolute Gasteiger partial charge is 0.356 e. The van der Waals surface area contributed by atoms with Crippen molar-refractivity contribution in [1.29, 1.82) is 0 Å². The molecule has 1 aromatic heterocycles. The van der Waals surface area contributed by atoms with E-state index in [0.717, 1.165) is 24.3 Å². The number of carbonyl (C=O) groups excluding carboxylic acids is 1. The summed E-state index contributed by atoms with van der Waals surface area (Å²) in [5.74, 6) is 1.69. The molecule has 1 aromatic rings. The predicted octanol–water partition coefficient (Wildman–Crippen LogP) is 4.22. The molecule has 1 saturated carbocycles. The Kier molecular flexibility index (Phi) is 3.53. The Morgan fingerprint density at radius 1 is 1.17 bits per heavy atom. The van der Waals surface area contributed by atoms with E-state index >= 15 is 0 Å². The molecule has 3 rings (SSSR count). The summed E-state index contributed by atoms with van der Waals surface area (Å²) < 4.78 is 0. The zero-order chi connectivity index (χ0) is 12.4. The van der Waals surface area contributed by atoms with Crippen LogP contribution in [0.25, 0.3) is 0 Å². The number of aldehydes is 1. The normalized spacial score (nSPS) is 24.1. The van der Waals surface area contributed by atoms with Gasteiger partial charge in [-0.25, -0.2) is 0 Å². The summed E-state index contributed by atoms with van der Waals surface area (Å²) in [6.07, 6.45) is 13.3. The van der Waals surface area contributed by atoms with Crippen LogP contribution in [0.3, 0.4) is 0 Å². The molecule has 0 aromatic carbocycles. The number of hydrogen-bond donors (Lipinski definition) is 1. The minimum Gasteiger partial charge on any atom is -0.356 e. The molecule has 0 spiro atoms. The first-order chi connectivity index (χ1) is 8.86. The summed E-state index contributed by atoms with van der Waals surface area (Å²) in [7, 11) is 0. The fourth-order valence-electron chi connectivity index (χ4n) is 3.86. The molecule has 0 bridgehead atoms. The van der Waals surface area contributed by atoms with Crippen LogP contribution in [-0.2, 0) is 6.42 Å². The summed E-state index contributed by atoms with van der Waals surface area (Å²) in [6.45, 7) is 0. The lowest BCUT2D eigenvalue weighted by Gasteiger charge is -2.22. The highest BCUT2D eigenvalue weighted by atomic mass is 16.1. The minimum absolute atomic E-state index is 0.715. The Bertz CT molecular complexity index is 415. The Labute approximate surface area is 109 Å². The lowest BCUT2D eigenvalue weighted by Crippen LogP contribution is -2.07. The number of aromatic amines is 1. The first-order valence-corrected chi connectivity index (χ1v) is 7.54. The van der Waals surface area contributed by atoms with Gasteiger partial charge in [0.2, 0.25) is 0 Å². The number of aryl methyl sites for hydroxylation is 1. The van der Waals surface area contributed by atoms with Gasteiger partial charge in [-0.3, -0.25) is 4.79 Å². The van der Waals surface area contributed by atoms with Crippen molar-refractivity contribution in [3.63, 3.8) is 0 Å². The van der Waals surface area contributed by atoms with Crippen molar-refractivity contribution >= 4 is 6.29 Å². The van der Waals surface area contributed by atoms with Crippen LogP contribution in [0, 0.1) is 5.92 Å². The Morgan fingerprint density at radius 2 is 2.00 bits per heavy atom. The monoisotopic (exact) mass is 245 g/mol. The second kappa shape index (κ2) is 5.29. The number of H-pyrrole nitrogens is 1. The van der Waals surface area contributed by atoms with Crippen molar-refractivity contribution in [3.05, 3.63) is 23.0 Å². The number of hydrogen-bond acceptors (Lipinski definition) is 1. The summed E-state index contributed by atoms with van der Waals surface area (Å²) in [4.78, 5) is 14.0. The van der Waals surface area contributed by atoms with Gasteiger partial charge in [-0.1, -0.05) is 32.1 Å². The first-order valence-electron chi connectivity index (χ1n) is 7.54. The fraction of sp³-hybridized carbons (Fsp3) is 0.688. The molecule has 0 saturated heterocycles. The van der Waals surface area contributed by atoms with Gasteiger partial charge in [-0.15, -0.1) is 0 Å². The van der Waals surface area contributed by atoms with Crippen LogP contribution in [0.4, 0.5) is 0 Å². The summed E-state index contributed by atoms with van der Waals surface area (Å²) in [6, 6.07) is 2.08. The van der Waals surface area contributed by atoms with Gasteiger partial charge in [0.25, 0.3) is 0 Å². The van der Waals surface area contributed by atoms with E-state index < -0.39 is 0 Å². The molecular formula is C16H23NO. The number of rotatable bonds is 4. The molecule has 2 aliphatic rings. The fourth-order valence-corrected chi connectivity index (χ4v) is 3.86. The van der Waals surface area contributed by atoms with Crippen molar-refractivity contribution in [2.75, 3.05) is 0 Å². The van der Waals surface area contributed by atoms with Crippen LogP contribution in [0.15, 0.2) is 6.07 Å². The molecule has 1 fully saturated rings. The number of nitrogens with one attached hydrogen (secondary N) is 1. The number of carbonyl (C=O) groups is 1. The molecule has 2 heteroatoms. The van der Waals surface area contributed by atoms with Crippen molar-refractivity contribution in [3.8, 4) is 0 Å². The van der Waals surface area contributed by atoms with Crippen LogP contribution in [0.5, 0.6) is 0 Å². The third-order valence-electron chi connectivity index (χ3n) is 4.91. The SMILES string of the molecule is O=Cc1cc2c([nH]1)CCC2CCC1CCCCC1. The maximum atomic E-state index is 10.8. The van der Waals surface area contributed by atoms with E-state index in [9.17, 15) is 4.79 Å². The lowest BCUT2D eigenvalue weighted by atomic mass is 9.83. The molecule has 0 aliphatic heterocycles. The zero-order valence-electron chi connectivity index (χ0n) is 11.1. The molecule has 2 nitrogen and oxygen atoms in total. The van der Waals surface area contributed by atoms with Gasteiger partial charge >= 0.3 is 0 Å². The summed E-state index contributed by atoms with van der Waals surface area (Å²) in [5, 5.41) is 0. The second-order valence-corrected chi connectivity index (χ2v) is 6.09. The molecule has 1 N–H and O–H groups in total. The van der Waals surface area contributed by atoms with Crippen LogP contribution >= 0.6 is 0 Å². The van der Waals surface area contributed by atoms with E-state index in [4.69, 9.17) is 0 Å². The average molecular weight is 245 g/mol. The molecule has 1 unspecified atom stereocenters. The third-order valence-corrected chi connectivity index (χ3v) is 4.91. The highest BCUT2D eigenvalue weighted by Gasteiger charge is 2.25. The molecule has 1 atom stereocenters. The minimum atomic E-state index is 0.715. The molecule has 98 valence electrons. The number of aromatic nitrogens is 1. The van der Waals surface area contributed by atoms with Gasteiger partial charge in [-0.05, 0) is 49.1 Å². The van der Waals surface area contributed by atoms with Crippen molar-refractivity contribution in [1.82, 2.24) is 4.98 Å². The van der Waals surface area contributed by atoms with Crippen molar-refractivity contribution < 1.29 is 4.79 Å². The van der Waals surface area contributed by atoms with Crippen molar-refractivity contribution in [2.45, 2.75) is 63.7 Å². The van der Waals surface area contributed by atoms with Gasteiger partial charge < -0.3 is 4.98 Å². The van der Waals surface area contributed by atoms with Crippen LogP contribution in [-0.4, -0.2) is 11.3 Å². The van der Waals surface area contributed by atoms with E-state index in [0.29, 0.717) is 5.92 Å². The summed E-state index contributed by atoms with van der Waals surface area (Å²) >= 11 is 0. The van der Waals surface area contributed by atoms with Gasteiger partial charge in [0.15, 0.2) is 6.29 Å². The van der Waals surface area contributed by atoms with E-state index in [2.05, 4.69) is 11.1 Å². The van der Waals surface area contributed by atoms with E-state index in [-0.39, 0.29) is 0 Å². The standard InChI is InChI=1S/C16H23NO/c18-11-14-10-15-13(8-9-16(15)17-14)7-6-12-4-2-1-3-5-12/h10-13,17H,1-9H2. The first kappa shape index (κ1) is 12.0. The van der Waals surface area contributed by atoms with Crippen LogP contribution in [0.1, 0.15) is 79.0 Å². The summed E-state index contributed by atoms with van der Waals surface area (Å²) in [5.41, 5.74) is 3.53. The zero-order valence-corrected chi connectivity index (χ0v) is 11.1. The average Bonchev–Trinajstić information content (AvgIpc) is 2.97. The molecule has 2 aliphatic carbocycles. The highest BCUT2D eigenvalue weighted by Crippen LogP contribution is 2.38. The molecule has 18 heavy (non-hydrogen) atoms. The lowest BCUT2D eigenvalue weighted by molar-refractivity contribution is 0.111. The van der Waals surface area contributed by atoms with Crippen LogP contribution < -0.4 is 0 Å². The smallest absolute Gasteiger partial charge is 0.166 e. The van der Waals surface area contributed by atoms with E-state index in [1.54, 1.807) is 0 Å². The van der Waals surface area contributed by atoms with E-state index in [1.165, 1.54) is 62.6 Å². The quantitative estimate of drug-likeness (QED) is 0.792. The third kappa shape index (κ3) is 2.38. The molecular weight excluding hydrogens is 222 g/mol. The van der Waals surface area contributed by atoms with Gasteiger partial charge in [0.1, 0.15) is 0 Å². The molecule has 0 radical (unpaired) electrons. The Balaban J connectivity index is 1.58. The molecule has 0 amide bonds. The maximum absolute atomic E-state index is 10.8.